The number of aromatic hydroxyl groups is 2. The van der Waals surface area contributed by atoms with Crippen molar-refractivity contribution in [1.82, 2.24) is 10.6 Å². The van der Waals surface area contributed by atoms with Gasteiger partial charge in [-0.25, -0.2) is 9.59 Å². The predicted molar refractivity (Wildman–Crippen MR) is 76.3 cm³/mol. The second-order valence-corrected chi connectivity index (χ2v) is 5.62. The highest BCUT2D eigenvalue weighted by Gasteiger charge is 2.39. The summed E-state index contributed by atoms with van der Waals surface area (Å²) in [4.78, 5) is 23.6. The van der Waals surface area contributed by atoms with E-state index in [1.807, 2.05) is 13.8 Å². The average Bonchev–Trinajstić information content (AvgIpc) is 2.79. The molecular weight excluding hydrogens is 288 g/mol. The lowest BCUT2D eigenvalue weighted by Gasteiger charge is -2.26. The molecule has 116 valence electrons. The van der Waals surface area contributed by atoms with E-state index in [4.69, 9.17) is 4.74 Å². The summed E-state index contributed by atoms with van der Waals surface area (Å²) in [7, 11) is 0. The molecule has 3 rings (SSSR count). The maximum atomic E-state index is 11.9. The van der Waals surface area contributed by atoms with Gasteiger partial charge in [-0.2, -0.15) is 0 Å². The number of amides is 2. The van der Waals surface area contributed by atoms with E-state index in [9.17, 15) is 19.8 Å². The lowest BCUT2D eigenvalue weighted by molar-refractivity contribution is -0.136. The number of hydrogen-bond acceptors (Lipinski definition) is 5. The van der Waals surface area contributed by atoms with E-state index in [-0.39, 0.29) is 29.6 Å². The van der Waals surface area contributed by atoms with Crippen molar-refractivity contribution in [2.24, 2.45) is 0 Å². The molecule has 2 aliphatic rings. The van der Waals surface area contributed by atoms with Crippen LogP contribution in [0.15, 0.2) is 23.4 Å². The SMILES string of the molecule is CC(C)c1cc(C2NC(=O)NC3=C2C(=O)OC3)c(O)cc1O. The van der Waals surface area contributed by atoms with Crippen molar-refractivity contribution in [3.8, 4) is 11.5 Å². The smallest absolute Gasteiger partial charge is 0.338 e. The molecule has 7 nitrogen and oxygen atoms in total. The number of esters is 1. The fourth-order valence-corrected chi connectivity index (χ4v) is 2.73. The van der Waals surface area contributed by atoms with Crippen LogP contribution in [0.5, 0.6) is 11.5 Å². The van der Waals surface area contributed by atoms with Gasteiger partial charge in [0.2, 0.25) is 0 Å². The number of nitrogens with one attached hydrogen (secondary N) is 2. The van der Waals surface area contributed by atoms with E-state index < -0.39 is 18.0 Å². The van der Waals surface area contributed by atoms with Gasteiger partial charge in [0.1, 0.15) is 18.1 Å². The lowest BCUT2D eigenvalue weighted by Crippen LogP contribution is -2.44. The van der Waals surface area contributed by atoms with Gasteiger partial charge in [0.05, 0.1) is 17.3 Å². The highest BCUT2D eigenvalue weighted by molar-refractivity contribution is 5.97. The summed E-state index contributed by atoms with van der Waals surface area (Å²) in [6.07, 6.45) is 0. The van der Waals surface area contributed by atoms with E-state index in [0.717, 1.165) is 0 Å². The molecule has 1 aromatic carbocycles. The molecule has 1 unspecified atom stereocenters. The van der Waals surface area contributed by atoms with E-state index in [1.54, 1.807) is 6.07 Å². The van der Waals surface area contributed by atoms with E-state index in [1.165, 1.54) is 6.07 Å². The number of phenolic OH excluding ortho intramolecular Hbond substituents is 2. The number of benzene rings is 1. The monoisotopic (exact) mass is 304 g/mol. The Balaban J connectivity index is 2.13. The van der Waals surface area contributed by atoms with E-state index in [0.29, 0.717) is 16.8 Å². The number of ether oxygens (including phenoxy) is 1. The second-order valence-electron chi connectivity index (χ2n) is 5.62. The van der Waals surface area contributed by atoms with Crippen molar-refractivity contribution in [3.63, 3.8) is 0 Å². The van der Waals surface area contributed by atoms with Crippen LogP contribution in [-0.2, 0) is 9.53 Å². The van der Waals surface area contributed by atoms with Crippen LogP contribution < -0.4 is 10.6 Å². The van der Waals surface area contributed by atoms with E-state index >= 15 is 0 Å². The number of cyclic esters (lactones) is 1. The summed E-state index contributed by atoms with van der Waals surface area (Å²) in [5.74, 6) is -0.743. The molecule has 2 heterocycles. The molecule has 0 spiro atoms. The number of urea groups is 1. The van der Waals surface area contributed by atoms with Gasteiger partial charge in [-0.05, 0) is 17.5 Å². The molecule has 0 fully saturated rings. The summed E-state index contributed by atoms with van der Waals surface area (Å²) in [5.41, 5.74) is 1.64. The fraction of sp³-hybridized carbons (Fsp3) is 0.333. The molecule has 4 N–H and O–H groups in total. The topological polar surface area (TPSA) is 108 Å². The van der Waals surface area contributed by atoms with Crippen molar-refractivity contribution in [2.45, 2.75) is 25.8 Å². The molecule has 1 atom stereocenters. The van der Waals surface area contributed by atoms with Crippen molar-refractivity contribution >= 4 is 12.0 Å². The minimum absolute atomic E-state index is 0.00791. The Labute approximate surface area is 126 Å². The molecule has 1 aromatic rings. The van der Waals surface area contributed by atoms with Crippen LogP contribution in [0, 0.1) is 0 Å². The molecule has 22 heavy (non-hydrogen) atoms. The summed E-state index contributed by atoms with van der Waals surface area (Å²) in [5, 5.41) is 25.2. The second kappa shape index (κ2) is 4.94. The first-order chi connectivity index (χ1) is 10.4. The molecular formula is C15H16N2O5. The molecule has 0 saturated heterocycles. The highest BCUT2D eigenvalue weighted by atomic mass is 16.5. The molecule has 0 aromatic heterocycles. The Hall–Kier alpha value is -2.70. The number of phenols is 2. The van der Waals surface area contributed by atoms with Crippen molar-refractivity contribution in [2.75, 3.05) is 6.61 Å². The Morgan fingerprint density at radius 3 is 2.64 bits per heavy atom. The first-order valence-electron chi connectivity index (χ1n) is 6.92. The van der Waals surface area contributed by atoms with Gasteiger partial charge in [-0.3, -0.25) is 0 Å². The zero-order valence-corrected chi connectivity index (χ0v) is 12.1. The molecule has 0 bridgehead atoms. The van der Waals surface area contributed by atoms with Gasteiger partial charge in [0, 0.05) is 11.6 Å². The number of hydrogen-bond donors (Lipinski definition) is 4. The molecule has 7 heteroatoms. The van der Waals surface area contributed by atoms with E-state index in [2.05, 4.69) is 10.6 Å². The zero-order chi connectivity index (χ0) is 16.0. The predicted octanol–water partition coefficient (Wildman–Crippen LogP) is 1.39. The molecule has 0 saturated carbocycles. The maximum absolute atomic E-state index is 11.9. The van der Waals surface area contributed by atoms with Crippen LogP contribution in [0.4, 0.5) is 4.79 Å². The summed E-state index contributed by atoms with van der Waals surface area (Å²) < 4.78 is 4.94. The number of carbonyl (C=O) groups is 2. The number of carbonyl (C=O) groups excluding carboxylic acids is 2. The first-order valence-corrected chi connectivity index (χ1v) is 6.92. The normalized spacial score (nSPS) is 20.6. The van der Waals surface area contributed by atoms with Crippen LogP contribution in [-0.4, -0.2) is 28.8 Å². The van der Waals surface area contributed by atoms with Gasteiger partial charge in [-0.15, -0.1) is 0 Å². The minimum atomic E-state index is -0.808. The molecule has 2 amide bonds. The Bertz CT molecular complexity index is 708. The lowest BCUT2D eigenvalue weighted by atomic mass is 9.91. The zero-order valence-electron chi connectivity index (χ0n) is 12.1. The highest BCUT2D eigenvalue weighted by Crippen LogP contribution is 2.39. The van der Waals surface area contributed by atoms with Crippen molar-refractivity contribution in [3.05, 3.63) is 34.5 Å². The van der Waals surface area contributed by atoms with Crippen molar-refractivity contribution in [1.29, 1.82) is 0 Å². The van der Waals surface area contributed by atoms with Gasteiger partial charge in [0.15, 0.2) is 0 Å². The third kappa shape index (κ3) is 2.14. The summed E-state index contributed by atoms with van der Waals surface area (Å²) in [6, 6.07) is 1.54. The molecule has 2 aliphatic heterocycles. The Morgan fingerprint density at radius 2 is 1.95 bits per heavy atom. The first kappa shape index (κ1) is 14.2. The largest absolute Gasteiger partial charge is 0.508 e. The minimum Gasteiger partial charge on any atom is -0.508 e. The Kier molecular flexibility index (Phi) is 3.20. The van der Waals surface area contributed by atoms with Gasteiger partial charge in [-0.1, -0.05) is 13.8 Å². The van der Waals surface area contributed by atoms with Gasteiger partial charge >= 0.3 is 12.0 Å². The third-order valence-electron chi connectivity index (χ3n) is 3.83. The van der Waals surface area contributed by atoms with Gasteiger partial charge < -0.3 is 25.6 Å². The number of rotatable bonds is 2. The third-order valence-corrected chi connectivity index (χ3v) is 3.83. The molecule has 0 aliphatic carbocycles. The quantitative estimate of drug-likeness (QED) is 0.617. The van der Waals surface area contributed by atoms with Gasteiger partial charge in [0.25, 0.3) is 0 Å². The fourth-order valence-electron chi connectivity index (χ4n) is 2.73. The van der Waals surface area contributed by atoms with Crippen molar-refractivity contribution < 1.29 is 24.5 Å². The Morgan fingerprint density at radius 1 is 1.23 bits per heavy atom. The molecule has 0 radical (unpaired) electrons. The van der Waals surface area contributed by atoms with Crippen LogP contribution >= 0.6 is 0 Å². The maximum Gasteiger partial charge on any atom is 0.338 e. The summed E-state index contributed by atoms with van der Waals surface area (Å²) in [6.45, 7) is 3.80. The standard InChI is InChI=1S/C15H16N2O5/c1-6(2)7-3-8(11(19)4-10(7)18)13-12-9(5-22-14(12)20)16-15(21)17-13/h3-4,6,13,18-19H,5H2,1-2H3,(H2,16,17,21). The average molecular weight is 304 g/mol. The summed E-state index contributed by atoms with van der Waals surface area (Å²) >= 11 is 0. The van der Waals surface area contributed by atoms with Crippen LogP contribution in [0.2, 0.25) is 0 Å². The van der Waals surface area contributed by atoms with Crippen LogP contribution in [0.25, 0.3) is 0 Å². The van der Waals surface area contributed by atoms with Crippen LogP contribution in [0.3, 0.4) is 0 Å². The van der Waals surface area contributed by atoms with Crippen LogP contribution in [0.1, 0.15) is 36.9 Å².